The number of hydrogen-bond acceptors (Lipinski definition) is 4. The summed E-state index contributed by atoms with van der Waals surface area (Å²) in [6, 6.07) is 50.7. The molecule has 248 valence electrons. The number of fused-ring (bicyclic) bond motifs is 3. The molecule has 0 radical (unpaired) electrons. The Kier molecular flexibility index (Phi) is 9.08. The van der Waals surface area contributed by atoms with Gasteiger partial charge in [0, 0.05) is 5.92 Å². The highest BCUT2D eigenvalue weighted by atomic mass is 16.6. The maximum Gasteiger partial charge on any atom is 0.207 e. The van der Waals surface area contributed by atoms with Crippen molar-refractivity contribution in [3.8, 4) is 34.1 Å². The number of ether oxygens (including phenoxy) is 4. The monoisotopic (exact) mass is 656 g/mol. The highest BCUT2D eigenvalue weighted by Gasteiger charge is 2.24. The molecule has 8 rings (SSSR count). The first kappa shape index (κ1) is 31.5. The normalized spacial score (nSPS) is 13.9. The van der Waals surface area contributed by atoms with E-state index in [0.717, 1.165) is 46.9 Å². The lowest BCUT2D eigenvalue weighted by molar-refractivity contribution is 0.218. The number of aryl methyl sites for hydroxylation is 1. The van der Waals surface area contributed by atoms with Crippen molar-refractivity contribution in [2.45, 2.75) is 38.4 Å². The zero-order chi connectivity index (χ0) is 33.7. The van der Waals surface area contributed by atoms with E-state index in [-0.39, 0.29) is 0 Å². The van der Waals surface area contributed by atoms with E-state index in [1.807, 2.05) is 18.2 Å². The molecule has 7 aromatic rings. The Morgan fingerprint density at radius 1 is 0.560 bits per heavy atom. The molecule has 1 unspecified atom stereocenters. The standard InChI is InChI=1S/C46H40O4/c1-47-43-25-26-44(48-29-38-21-11-19-33-15-7-9-23-41(33)38)46(50-30-37-18-8-10-24-40(37)32-13-3-2-4-14-32)45(43)49-31-39-22-12-20-36-27-34-16-5-6-17-35(34)28-42(36)39/h2-10,12-18,20,22-28,38H,11,19,21,29-31H2,1H3. The molecule has 0 fully saturated rings. The van der Waals surface area contributed by atoms with Crippen LogP contribution in [0.1, 0.15) is 41.0 Å². The number of methoxy groups -OCH3 is 1. The summed E-state index contributed by atoms with van der Waals surface area (Å²) in [5.41, 5.74) is 7.23. The third-order valence-corrected chi connectivity index (χ3v) is 9.88. The molecule has 4 heteroatoms. The summed E-state index contributed by atoms with van der Waals surface area (Å²) < 4.78 is 26.1. The molecule has 0 aliphatic heterocycles. The maximum absolute atomic E-state index is 6.77. The van der Waals surface area contributed by atoms with Crippen LogP contribution in [0.15, 0.2) is 146 Å². The molecule has 7 aromatic carbocycles. The average molecular weight is 657 g/mol. The van der Waals surface area contributed by atoms with Crippen molar-refractivity contribution < 1.29 is 18.9 Å². The Balaban J connectivity index is 1.14. The van der Waals surface area contributed by atoms with E-state index in [4.69, 9.17) is 18.9 Å². The summed E-state index contributed by atoms with van der Waals surface area (Å²) in [6.07, 6.45) is 3.36. The molecule has 0 saturated carbocycles. The number of hydrogen-bond donors (Lipinski definition) is 0. The summed E-state index contributed by atoms with van der Waals surface area (Å²) >= 11 is 0. The van der Waals surface area contributed by atoms with Gasteiger partial charge in [-0.3, -0.25) is 0 Å². The fourth-order valence-electron chi connectivity index (χ4n) is 7.30. The van der Waals surface area contributed by atoms with Gasteiger partial charge in [0.2, 0.25) is 11.5 Å². The molecule has 0 amide bonds. The van der Waals surface area contributed by atoms with Gasteiger partial charge in [-0.1, -0.05) is 121 Å². The van der Waals surface area contributed by atoms with Gasteiger partial charge in [-0.2, -0.15) is 0 Å². The van der Waals surface area contributed by atoms with E-state index in [2.05, 4.69) is 127 Å². The first-order chi connectivity index (χ1) is 24.7. The minimum atomic E-state index is 0.309. The summed E-state index contributed by atoms with van der Waals surface area (Å²) in [4.78, 5) is 0. The van der Waals surface area contributed by atoms with Crippen molar-refractivity contribution >= 4 is 21.5 Å². The first-order valence-electron chi connectivity index (χ1n) is 17.5. The summed E-state index contributed by atoms with van der Waals surface area (Å²) in [5, 5.41) is 4.76. The van der Waals surface area contributed by atoms with Crippen LogP contribution < -0.4 is 18.9 Å². The Bertz CT molecular complexity index is 2260. The van der Waals surface area contributed by atoms with Crippen LogP contribution in [0.4, 0.5) is 0 Å². The van der Waals surface area contributed by atoms with Gasteiger partial charge >= 0.3 is 0 Å². The van der Waals surface area contributed by atoms with E-state index in [0.29, 0.717) is 48.7 Å². The lowest BCUT2D eigenvalue weighted by atomic mass is 9.83. The highest BCUT2D eigenvalue weighted by Crippen LogP contribution is 2.46. The van der Waals surface area contributed by atoms with Crippen molar-refractivity contribution in [2.24, 2.45) is 0 Å². The van der Waals surface area contributed by atoms with Crippen molar-refractivity contribution in [2.75, 3.05) is 13.7 Å². The second kappa shape index (κ2) is 14.4. The van der Waals surface area contributed by atoms with Crippen LogP contribution in [0.2, 0.25) is 0 Å². The van der Waals surface area contributed by atoms with Gasteiger partial charge in [0.15, 0.2) is 11.5 Å². The topological polar surface area (TPSA) is 36.9 Å². The van der Waals surface area contributed by atoms with Crippen molar-refractivity contribution in [1.29, 1.82) is 0 Å². The predicted molar refractivity (Wildman–Crippen MR) is 203 cm³/mol. The van der Waals surface area contributed by atoms with Crippen LogP contribution in [0, 0.1) is 0 Å². The smallest absolute Gasteiger partial charge is 0.207 e. The van der Waals surface area contributed by atoms with Gasteiger partial charge in [-0.25, -0.2) is 0 Å². The number of benzene rings is 7. The van der Waals surface area contributed by atoms with Crippen LogP contribution in [0.25, 0.3) is 32.7 Å². The average Bonchev–Trinajstić information content (AvgIpc) is 3.18. The largest absolute Gasteiger partial charge is 0.493 e. The third kappa shape index (κ3) is 6.49. The molecule has 0 N–H and O–H groups in total. The molecule has 4 nitrogen and oxygen atoms in total. The van der Waals surface area contributed by atoms with E-state index >= 15 is 0 Å². The SMILES string of the molecule is COc1ccc(OCC2CCCc3ccccc32)c(OCc2ccccc2-c2ccccc2)c1OCc1cccc2cc3ccccc3cc12. The lowest BCUT2D eigenvalue weighted by Gasteiger charge is -2.26. The van der Waals surface area contributed by atoms with Gasteiger partial charge in [-0.05, 0) is 98.5 Å². The summed E-state index contributed by atoms with van der Waals surface area (Å²) in [7, 11) is 1.67. The van der Waals surface area contributed by atoms with Crippen LogP contribution in [0.3, 0.4) is 0 Å². The van der Waals surface area contributed by atoms with Crippen LogP contribution in [0.5, 0.6) is 23.0 Å². The second-order valence-electron chi connectivity index (χ2n) is 13.0. The Morgan fingerprint density at radius 2 is 1.22 bits per heavy atom. The van der Waals surface area contributed by atoms with Gasteiger partial charge in [-0.15, -0.1) is 0 Å². The van der Waals surface area contributed by atoms with E-state index in [1.54, 1.807) is 7.11 Å². The summed E-state index contributed by atoms with van der Waals surface area (Å²) in [5.74, 6) is 2.62. The Labute approximate surface area is 293 Å². The van der Waals surface area contributed by atoms with Gasteiger partial charge < -0.3 is 18.9 Å². The molecule has 0 aromatic heterocycles. The number of rotatable bonds is 11. The molecule has 1 atom stereocenters. The quantitative estimate of drug-likeness (QED) is 0.130. The predicted octanol–water partition coefficient (Wildman–Crippen LogP) is 11.3. The molecule has 0 heterocycles. The second-order valence-corrected chi connectivity index (χ2v) is 13.0. The molecule has 0 saturated heterocycles. The minimum Gasteiger partial charge on any atom is -0.493 e. The van der Waals surface area contributed by atoms with E-state index < -0.39 is 0 Å². The molecular weight excluding hydrogens is 617 g/mol. The van der Waals surface area contributed by atoms with E-state index in [1.165, 1.54) is 27.3 Å². The van der Waals surface area contributed by atoms with Crippen molar-refractivity contribution in [1.82, 2.24) is 0 Å². The maximum atomic E-state index is 6.77. The van der Waals surface area contributed by atoms with Crippen LogP contribution in [-0.2, 0) is 19.6 Å². The van der Waals surface area contributed by atoms with Crippen molar-refractivity contribution in [3.05, 3.63) is 168 Å². The molecule has 50 heavy (non-hydrogen) atoms. The zero-order valence-electron chi connectivity index (χ0n) is 28.3. The van der Waals surface area contributed by atoms with Crippen molar-refractivity contribution in [3.63, 3.8) is 0 Å². The molecular formula is C46H40O4. The highest BCUT2D eigenvalue weighted by molar-refractivity contribution is 5.99. The van der Waals surface area contributed by atoms with Gasteiger partial charge in [0.25, 0.3) is 0 Å². The summed E-state index contributed by atoms with van der Waals surface area (Å²) in [6.45, 7) is 1.22. The molecule has 0 bridgehead atoms. The van der Waals surface area contributed by atoms with Gasteiger partial charge in [0.1, 0.15) is 13.2 Å². The van der Waals surface area contributed by atoms with Gasteiger partial charge in [0.05, 0.1) is 13.7 Å². The fourth-order valence-corrected chi connectivity index (χ4v) is 7.30. The van der Waals surface area contributed by atoms with E-state index in [9.17, 15) is 0 Å². The van der Waals surface area contributed by atoms with Crippen LogP contribution in [-0.4, -0.2) is 13.7 Å². The third-order valence-electron chi connectivity index (χ3n) is 9.88. The Hall–Kier alpha value is -5.74. The molecule has 1 aliphatic carbocycles. The Morgan fingerprint density at radius 3 is 2.08 bits per heavy atom. The van der Waals surface area contributed by atoms with Crippen LogP contribution >= 0.6 is 0 Å². The minimum absolute atomic E-state index is 0.309. The fraction of sp³-hybridized carbons (Fsp3) is 0.174. The lowest BCUT2D eigenvalue weighted by Crippen LogP contribution is -2.17. The molecule has 1 aliphatic rings. The first-order valence-corrected chi connectivity index (χ1v) is 17.5. The molecule has 0 spiro atoms. The zero-order valence-corrected chi connectivity index (χ0v) is 28.3.